The lowest BCUT2D eigenvalue weighted by Crippen LogP contribution is -2.30. The molecular weight excluding hydrogens is 469 g/mol. The van der Waals surface area contributed by atoms with E-state index in [2.05, 4.69) is 5.32 Å². The van der Waals surface area contributed by atoms with E-state index in [1.807, 2.05) is 51.1 Å². The van der Waals surface area contributed by atoms with Gasteiger partial charge >= 0.3 is 5.97 Å². The van der Waals surface area contributed by atoms with E-state index in [0.717, 1.165) is 55.3 Å². The number of nitrogens with one attached hydrogen (secondary N) is 1. The van der Waals surface area contributed by atoms with E-state index in [4.69, 9.17) is 27.9 Å². The van der Waals surface area contributed by atoms with Crippen LogP contribution in [0.1, 0.15) is 76.3 Å². The summed E-state index contributed by atoms with van der Waals surface area (Å²) in [5.74, 6) is -0.258. The number of hydrogen-bond acceptors (Lipinski definition) is 3. The van der Waals surface area contributed by atoms with Crippen LogP contribution in [0.5, 0.6) is 0 Å². The molecule has 0 saturated heterocycles. The first-order chi connectivity index (χ1) is 16.1. The molecule has 2 aliphatic rings. The highest BCUT2D eigenvalue weighted by Crippen LogP contribution is 2.50. The minimum Gasteiger partial charge on any atom is -0.460 e. The van der Waals surface area contributed by atoms with E-state index >= 15 is 0 Å². The van der Waals surface area contributed by atoms with Crippen LogP contribution in [0.25, 0.3) is 0 Å². The molecule has 4 nitrogen and oxygen atoms in total. The maximum atomic E-state index is 13.5. The second kappa shape index (κ2) is 9.91. The van der Waals surface area contributed by atoms with Gasteiger partial charge in [0, 0.05) is 15.7 Å². The lowest BCUT2D eigenvalue weighted by molar-refractivity contribution is -0.161. The van der Waals surface area contributed by atoms with Gasteiger partial charge in [0.1, 0.15) is 5.60 Å². The zero-order valence-corrected chi connectivity index (χ0v) is 21.6. The normalized spacial score (nSPS) is 18.4. The van der Waals surface area contributed by atoms with Crippen LogP contribution in [0, 0.1) is 11.3 Å². The molecule has 2 saturated carbocycles. The summed E-state index contributed by atoms with van der Waals surface area (Å²) in [5, 5.41) is 4.22. The van der Waals surface area contributed by atoms with E-state index < -0.39 is 11.0 Å². The number of amides is 1. The van der Waals surface area contributed by atoms with E-state index in [1.54, 1.807) is 12.1 Å². The summed E-state index contributed by atoms with van der Waals surface area (Å²) < 4.78 is 5.66. The van der Waals surface area contributed by atoms with Gasteiger partial charge in [0.25, 0.3) is 0 Å². The van der Waals surface area contributed by atoms with Gasteiger partial charge in [-0.3, -0.25) is 9.59 Å². The van der Waals surface area contributed by atoms with Crippen LogP contribution in [0.4, 0.5) is 5.69 Å². The van der Waals surface area contributed by atoms with Gasteiger partial charge in [0.2, 0.25) is 5.91 Å². The van der Waals surface area contributed by atoms with Crippen molar-refractivity contribution in [2.45, 2.75) is 77.2 Å². The summed E-state index contributed by atoms with van der Waals surface area (Å²) in [5.41, 5.74) is 1.63. The number of carbonyl (C=O) groups excluding carboxylic acids is 2. The topological polar surface area (TPSA) is 55.4 Å². The van der Waals surface area contributed by atoms with Gasteiger partial charge in [-0.25, -0.2) is 0 Å². The molecular formula is C28H33Cl2NO3. The van der Waals surface area contributed by atoms with E-state index in [1.165, 1.54) is 0 Å². The van der Waals surface area contributed by atoms with E-state index in [0.29, 0.717) is 16.5 Å². The molecule has 2 aromatic carbocycles. The van der Waals surface area contributed by atoms with Crippen molar-refractivity contribution in [3.63, 3.8) is 0 Å². The average Bonchev–Trinajstić information content (AvgIpc) is 3.33. The van der Waals surface area contributed by atoms with Crippen molar-refractivity contribution in [2.24, 2.45) is 11.3 Å². The third-order valence-corrected chi connectivity index (χ3v) is 7.44. The molecule has 1 unspecified atom stereocenters. The van der Waals surface area contributed by atoms with Crippen LogP contribution in [-0.2, 0) is 20.7 Å². The van der Waals surface area contributed by atoms with Gasteiger partial charge in [-0.15, -0.1) is 0 Å². The third-order valence-electron chi connectivity index (χ3n) is 6.87. The number of anilines is 1. The number of carbonyl (C=O) groups is 2. The van der Waals surface area contributed by atoms with Crippen molar-refractivity contribution in [3.05, 3.63) is 63.6 Å². The van der Waals surface area contributed by atoms with Crippen molar-refractivity contribution in [3.8, 4) is 0 Å². The molecule has 2 fully saturated rings. The van der Waals surface area contributed by atoms with Crippen LogP contribution in [0.2, 0.25) is 10.0 Å². The summed E-state index contributed by atoms with van der Waals surface area (Å²) in [7, 11) is 0. The van der Waals surface area contributed by atoms with Crippen LogP contribution in [0.15, 0.2) is 42.5 Å². The Hall–Kier alpha value is -2.04. The lowest BCUT2D eigenvalue weighted by atomic mass is 9.84. The molecule has 34 heavy (non-hydrogen) atoms. The fourth-order valence-electron chi connectivity index (χ4n) is 5.01. The number of esters is 1. The number of ether oxygens (including phenoxy) is 1. The molecule has 0 aliphatic heterocycles. The second-order valence-electron chi connectivity index (χ2n) is 10.8. The van der Waals surface area contributed by atoms with Crippen LogP contribution < -0.4 is 5.32 Å². The molecule has 2 aromatic rings. The first-order valence-electron chi connectivity index (χ1n) is 12.1. The Labute approximate surface area is 212 Å². The number of rotatable bonds is 7. The molecule has 2 aliphatic carbocycles. The summed E-state index contributed by atoms with van der Waals surface area (Å²) in [4.78, 5) is 26.3. The highest BCUT2D eigenvalue weighted by molar-refractivity contribution is 6.35. The van der Waals surface area contributed by atoms with Crippen molar-refractivity contribution in [1.29, 1.82) is 0 Å². The quantitative estimate of drug-likeness (QED) is 0.397. The average molecular weight is 502 g/mol. The fourth-order valence-corrected chi connectivity index (χ4v) is 5.54. The maximum Gasteiger partial charge on any atom is 0.312 e. The Morgan fingerprint density at radius 1 is 1.09 bits per heavy atom. The predicted molar refractivity (Wildman–Crippen MR) is 137 cm³/mol. The molecule has 4 rings (SSSR count). The van der Waals surface area contributed by atoms with Crippen molar-refractivity contribution in [1.82, 2.24) is 0 Å². The van der Waals surface area contributed by atoms with E-state index in [-0.39, 0.29) is 23.7 Å². The molecule has 1 N–H and O–H groups in total. The maximum absolute atomic E-state index is 13.5. The van der Waals surface area contributed by atoms with Crippen LogP contribution in [-0.4, -0.2) is 17.5 Å². The van der Waals surface area contributed by atoms with Gasteiger partial charge < -0.3 is 10.1 Å². The molecule has 182 valence electrons. The molecule has 0 radical (unpaired) electrons. The van der Waals surface area contributed by atoms with Crippen LogP contribution >= 0.6 is 23.2 Å². The number of halogens is 2. The Morgan fingerprint density at radius 3 is 2.41 bits per heavy atom. The summed E-state index contributed by atoms with van der Waals surface area (Å²) in [6.07, 6.45) is 6.55. The molecule has 1 atom stereocenters. The first-order valence-corrected chi connectivity index (χ1v) is 12.9. The third kappa shape index (κ3) is 5.95. The smallest absolute Gasteiger partial charge is 0.312 e. The Bertz CT molecular complexity index is 1070. The van der Waals surface area contributed by atoms with E-state index in [9.17, 15) is 9.59 Å². The lowest BCUT2D eigenvalue weighted by Gasteiger charge is -2.25. The Morgan fingerprint density at radius 2 is 1.79 bits per heavy atom. The highest BCUT2D eigenvalue weighted by atomic mass is 35.5. The molecule has 1 amide bonds. The largest absolute Gasteiger partial charge is 0.460 e. The molecule has 0 bridgehead atoms. The van der Waals surface area contributed by atoms with Gasteiger partial charge in [-0.2, -0.15) is 0 Å². The fraction of sp³-hybridized carbons (Fsp3) is 0.500. The minimum absolute atomic E-state index is 0.0541. The zero-order chi connectivity index (χ0) is 24.5. The van der Waals surface area contributed by atoms with Crippen LogP contribution in [0.3, 0.4) is 0 Å². The summed E-state index contributed by atoms with van der Waals surface area (Å²) in [6, 6.07) is 13.2. The molecule has 0 heterocycles. The standard InChI is InChI=1S/C28H33Cl2NO3/c1-27(2,3)34-26(33)28(13-14-28)17-18-7-6-10-21(15-18)31-25(32)24(19-8-4-5-9-19)22-12-11-20(29)16-23(22)30/h6-7,10-12,15-16,19,24H,4-5,8-9,13-14,17H2,1-3H3,(H,31,32). The van der Waals surface area contributed by atoms with Crippen molar-refractivity contribution >= 4 is 40.8 Å². The van der Waals surface area contributed by atoms with Crippen molar-refractivity contribution < 1.29 is 14.3 Å². The SMILES string of the molecule is CC(C)(C)OC(=O)C1(Cc2cccc(NC(=O)C(c3ccc(Cl)cc3Cl)C3CCCC3)c2)CC1. The Balaban J connectivity index is 1.51. The second-order valence-corrected chi connectivity index (χ2v) is 11.7. The first kappa shape index (κ1) is 25.1. The Kier molecular flexibility index (Phi) is 7.30. The van der Waals surface area contributed by atoms with Gasteiger partial charge in [-0.05, 0) is 94.2 Å². The number of hydrogen-bond donors (Lipinski definition) is 1. The molecule has 6 heteroatoms. The highest BCUT2D eigenvalue weighted by Gasteiger charge is 2.52. The summed E-state index contributed by atoms with van der Waals surface area (Å²) >= 11 is 12.6. The van der Waals surface area contributed by atoms with Gasteiger partial charge in [0.05, 0.1) is 11.3 Å². The predicted octanol–water partition coefficient (Wildman–Crippen LogP) is 7.57. The molecule has 0 aromatic heterocycles. The van der Waals surface area contributed by atoms with Crippen molar-refractivity contribution in [2.75, 3.05) is 5.32 Å². The zero-order valence-electron chi connectivity index (χ0n) is 20.1. The monoisotopic (exact) mass is 501 g/mol. The minimum atomic E-state index is -0.499. The summed E-state index contributed by atoms with van der Waals surface area (Å²) in [6.45, 7) is 5.68. The van der Waals surface area contributed by atoms with Gasteiger partial charge in [0.15, 0.2) is 0 Å². The number of benzene rings is 2. The van der Waals surface area contributed by atoms with Gasteiger partial charge in [-0.1, -0.05) is 54.2 Å². The molecule has 0 spiro atoms.